The molecule has 0 unspecified atom stereocenters. The Morgan fingerprint density at radius 3 is 2.73 bits per heavy atom. The molecule has 0 aliphatic carbocycles. The number of hydrogen-bond donors (Lipinski definition) is 1. The Balaban J connectivity index is 2.83. The van der Waals surface area contributed by atoms with E-state index in [2.05, 4.69) is 25.6 Å². The summed E-state index contributed by atoms with van der Waals surface area (Å²) in [5.41, 5.74) is 0.519. The topological polar surface area (TPSA) is 59.1 Å². The van der Waals surface area contributed by atoms with Gasteiger partial charge < -0.3 is 0 Å². The van der Waals surface area contributed by atoms with E-state index in [0.29, 0.717) is 10.2 Å². The zero-order valence-corrected chi connectivity index (χ0v) is 11.0. The van der Waals surface area contributed by atoms with Gasteiger partial charge in [-0.3, -0.25) is 9.71 Å². The van der Waals surface area contributed by atoms with Gasteiger partial charge >= 0.3 is 0 Å². The standard InChI is InChI=1S/C9H13BrN2O2S/c1-7(2)6-15(13,14)12-9-3-4-11-5-8(9)10/h3-5,7H,6H2,1-2H3,(H,11,12). The predicted molar refractivity (Wildman–Crippen MR) is 64.2 cm³/mol. The Labute approximate surface area is 98.3 Å². The maximum Gasteiger partial charge on any atom is 0.233 e. The highest BCUT2D eigenvalue weighted by Crippen LogP contribution is 2.21. The molecule has 0 aromatic carbocycles. The summed E-state index contributed by atoms with van der Waals surface area (Å²) in [6, 6.07) is 1.61. The third-order valence-corrected chi connectivity index (χ3v) is 3.86. The number of nitrogens with zero attached hydrogens (tertiary/aromatic N) is 1. The molecule has 1 aromatic rings. The molecule has 0 amide bonds. The average molecular weight is 293 g/mol. The van der Waals surface area contributed by atoms with Crippen molar-refractivity contribution < 1.29 is 8.42 Å². The van der Waals surface area contributed by atoms with Crippen molar-refractivity contribution in [3.63, 3.8) is 0 Å². The quantitative estimate of drug-likeness (QED) is 0.926. The van der Waals surface area contributed by atoms with Crippen LogP contribution in [0.5, 0.6) is 0 Å². The van der Waals surface area contributed by atoms with Crippen LogP contribution in [-0.2, 0) is 10.0 Å². The molecule has 0 saturated heterocycles. The van der Waals surface area contributed by atoms with Crippen LogP contribution in [-0.4, -0.2) is 19.2 Å². The minimum atomic E-state index is -3.26. The Kier molecular flexibility index (Phi) is 4.10. The van der Waals surface area contributed by atoms with E-state index in [1.165, 1.54) is 6.20 Å². The van der Waals surface area contributed by atoms with Gasteiger partial charge in [-0.05, 0) is 27.9 Å². The number of hydrogen-bond acceptors (Lipinski definition) is 3. The van der Waals surface area contributed by atoms with Crippen molar-refractivity contribution in [2.24, 2.45) is 5.92 Å². The molecule has 1 aromatic heterocycles. The van der Waals surface area contributed by atoms with Crippen molar-refractivity contribution in [3.8, 4) is 0 Å². The van der Waals surface area contributed by atoms with Crippen molar-refractivity contribution in [1.82, 2.24) is 4.98 Å². The zero-order chi connectivity index (χ0) is 11.5. The fourth-order valence-corrected chi connectivity index (χ4v) is 3.06. The maximum atomic E-state index is 11.6. The van der Waals surface area contributed by atoms with Gasteiger partial charge in [-0.15, -0.1) is 0 Å². The largest absolute Gasteiger partial charge is 0.282 e. The summed E-state index contributed by atoms with van der Waals surface area (Å²) in [6.07, 6.45) is 3.09. The van der Waals surface area contributed by atoms with Gasteiger partial charge in [0.05, 0.1) is 15.9 Å². The first kappa shape index (κ1) is 12.4. The molecular formula is C9H13BrN2O2S. The van der Waals surface area contributed by atoms with Crippen LogP contribution in [0.1, 0.15) is 13.8 Å². The van der Waals surface area contributed by atoms with Crippen molar-refractivity contribution in [2.45, 2.75) is 13.8 Å². The van der Waals surface area contributed by atoms with E-state index in [1.54, 1.807) is 12.3 Å². The molecule has 0 saturated carbocycles. The van der Waals surface area contributed by atoms with Gasteiger partial charge in [0.2, 0.25) is 10.0 Å². The Morgan fingerprint density at radius 1 is 1.53 bits per heavy atom. The van der Waals surface area contributed by atoms with E-state index < -0.39 is 10.0 Å². The van der Waals surface area contributed by atoms with Gasteiger partial charge in [-0.25, -0.2) is 8.42 Å². The monoisotopic (exact) mass is 292 g/mol. The SMILES string of the molecule is CC(C)CS(=O)(=O)Nc1ccncc1Br. The number of sulfonamides is 1. The molecule has 0 atom stereocenters. The molecule has 1 N–H and O–H groups in total. The molecule has 0 fully saturated rings. The third kappa shape index (κ3) is 4.17. The summed E-state index contributed by atoms with van der Waals surface area (Å²) < 4.78 is 26.4. The molecule has 0 bridgehead atoms. The minimum absolute atomic E-state index is 0.100. The molecule has 0 spiro atoms. The maximum absolute atomic E-state index is 11.6. The van der Waals surface area contributed by atoms with Crippen molar-refractivity contribution in [2.75, 3.05) is 10.5 Å². The lowest BCUT2D eigenvalue weighted by Crippen LogP contribution is -2.20. The van der Waals surface area contributed by atoms with Crippen LogP contribution in [0.25, 0.3) is 0 Å². The first-order chi connectivity index (χ1) is 6.91. The molecule has 0 radical (unpaired) electrons. The van der Waals surface area contributed by atoms with E-state index in [4.69, 9.17) is 0 Å². The number of aromatic nitrogens is 1. The molecule has 84 valence electrons. The fourth-order valence-electron chi connectivity index (χ4n) is 1.11. The molecule has 0 aliphatic heterocycles. The second-order valence-electron chi connectivity index (χ2n) is 3.63. The average Bonchev–Trinajstić information content (AvgIpc) is 2.06. The Bertz CT molecular complexity index is 431. The normalized spacial score (nSPS) is 11.7. The lowest BCUT2D eigenvalue weighted by atomic mass is 10.3. The molecular weight excluding hydrogens is 280 g/mol. The van der Waals surface area contributed by atoms with Crippen LogP contribution in [0.3, 0.4) is 0 Å². The second kappa shape index (κ2) is 4.94. The predicted octanol–water partition coefficient (Wildman–Crippen LogP) is 2.24. The van der Waals surface area contributed by atoms with Crippen LogP contribution in [0.15, 0.2) is 22.9 Å². The summed E-state index contributed by atoms with van der Waals surface area (Å²) in [6.45, 7) is 3.72. The molecule has 6 heteroatoms. The summed E-state index contributed by atoms with van der Waals surface area (Å²) >= 11 is 3.23. The van der Waals surface area contributed by atoms with Crippen molar-refractivity contribution in [1.29, 1.82) is 0 Å². The minimum Gasteiger partial charge on any atom is -0.282 e. The van der Waals surface area contributed by atoms with E-state index in [1.807, 2.05) is 13.8 Å². The lowest BCUT2D eigenvalue weighted by molar-refractivity contribution is 0.587. The first-order valence-corrected chi connectivity index (χ1v) is 6.95. The van der Waals surface area contributed by atoms with Crippen LogP contribution in [0, 0.1) is 5.92 Å². The molecule has 4 nitrogen and oxygen atoms in total. The van der Waals surface area contributed by atoms with Crippen molar-refractivity contribution >= 4 is 31.6 Å². The van der Waals surface area contributed by atoms with Crippen molar-refractivity contribution in [3.05, 3.63) is 22.9 Å². The highest BCUT2D eigenvalue weighted by Gasteiger charge is 2.13. The van der Waals surface area contributed by atoms with Gasteiger partial charge in [0, 0.05) is 12.4 Å². The van der Waals surface area contributed by atoms with Gasteiger partial charge in [-0.1, -0.05) is 13.8 Å². The van der Waals surface area contributed by atoms with Gasteiger partial charge in [0.1, 0.15) is 0 Å². The summed E-state index contributed by atoms with van der Waals surface area (Å²) in [7, 11) is -3.26. The van der Waals surface area contributed by atoms with E-state index in [9.17, 15) is 8.42 Å². The summed E-state index contributed by atoms with van der Waals surface area (Å²) in [5.74, 6) is 0.213. The van der Waals surface area contributed by atoms with Gasteiger partial charge in [-0.2, -0.15) is 0 Å². The second-order valence-corrected chi connectivity index (χ2v) is 6.25. The summed E-state index contributed by atoms with van der Waals surface area (Å²) in [5, 5.41) is 0. The van der Waals surface area contributed by atoms with Gasteiger partial charge in [0.15, 0.2) is 0 Å². The number of halogens is 1. The summed E-state index contributed by atoms with van der Waals surface area (Å²) in [4.78, 5) is 3.85. The Hall–Kier alpha value is -0.620. The number of rotatable bonds is 4. The molecule has 1 heterocycles. The van der Waals surface area contributed by atoms with Crippen LogP contribution < -0.4 is 4.72 Å². The fraction of sp³-hybridized carbons (Fsp3) is 0.444. The molecule has 1 rings (SSSR count). The zero-order valence-electron chi connectivity index (χ0n) is 8.57. The highest BCUT2D eigenvalue weighted by atomic mass is 79.9. The highest BCUT2D eigenvalue weighted by molar-refractivity contribution is 9.10. The smallest absolute Gasteiger partial charge is 0.233 e. The number of nitrogens with one attached hydrogen (secondary N) is 1. The van der Waals surface area contributed by atoms with E-state index in [0.717, 1.165) is 0 Å². The molecule has 0 aliphatic rings. The lowest BCUT2D eigenvalue weighted by Gasteiger charge is -2.10. The Morgan fingerprint density at radius 2 is 2.20 bits per heavy atom. The first-order valence-electron chi connectivity index (χ1n) is 4.51. The number of pyridine rings is 1. The number of anilines is 1. The van der Waals surface area contributed by atoms with Crippen LogP contribution in [0.4, 0.5) is 5.69 Å². The third-order valence-electron chi connectivity index (χ3n) is 1.59. The molecule has 15 heavy (non-hydrogen) atoms. The van der Waals surface area contributed by atoms with E-state index >= 15 is 0 Å². The van der Waals surface area contributed by atoms with Crippen LogP contribution in [0.2, 0.25) is 0 Å². The van der Waals surface area contributed by atoms with E-state index in [-0.39, 0.29) is 11.7 Å². The van der Waals surface area contributed by atoms with Gasteiger partial charge in [0.25, 0.3) is 0 Å². The van der Waals surface area contributed by atoms with Crippen LogP contribution >= 0.6 is 15.9 Å².